The number of rotatable bonds is 6. The standard InChI is InChI=1S/C13H25N3O2.ClH/c1-10(2)7-13(3,9-14)15-11(17)8-16-6-4-5-12(16)18;/h10H,4-9,14H2,1-3H3,(H,15,17);1H. The maximum atomic E-state index is 11.9. The van der Waals surface area contributed by atoms with Gasteiger partial charge in [-0.25, -0.2) is 0 Å². The Morgan fingerprint density at radius 1 is 1.53 bits per heavy atom. The normalized spacial score (nSPS) is 18.2. The lowest BCUT2D eigenvalue weighted by Gasteiger charge is -2.32. The van der Waals surface area contributed by atoms with E-state index in [9.17, 15) is 9.59 Å². The summed E-state index contributed by atoms with van der Waals surface area (Å²) in [5.41, 5.74) is 5.36. The molecule has 0 aromatic carbocycles. The highest BCUT2D eigenvalue weighted by Gasteiger charge is 2.28. The topological polar surface area (TPSA) is 75.4 Å². The number of nitrogens with one attached hydrogen (secondary N) is 1. The average Bonchev–Trinajstić information content (AvgIpc) is 2.63. The second-order valence-electron chi connectivity index (χ2n) is 5.83. The summed E-state index contributed by atoms with van der Waals surface area (Å²) in [5.74, 6) is 0.426. The van der Waals surface area contributed by atoms with Gasteiger partial charge in [0.25, 0.3) is 0 Å². The molecule has 1 fully saturated rings. The highest BCUT2D eigenvalue weighted by molar-refractivity contribution is 5.86. The molecule has 19 heavy (non-hydrogen) atoms. The first-order valence-corrected chi connectivity index (χ1v) is 6.65. The minimum Gasteiger partial charge on any atom is -0.348 e. The molecular weight excluding hydrogens is 266 g/mol. The Morgan fingerprint density at radius 3 is 2.58 bits per heavy atom. The van der Waals surface area contributed by atoms with Crippen molar-refractivity contribution in [3.05, 3.63) is 0 Å². The molecule has 0 saturated carbocycles. The fourth-order valence-electron chi connectivity index (χ4n) is 2.51. The minimum atomic E-state index is -0.381. The van der Waals surface area contributed by atoms with Crippen LogP contribution in [0.3, 0.4) is 0 Å². The Hall–Kier alpha value is -0.810. The van der Waals surface area contributed by atoms with E-state index in [0.717, 1.165) is 12.8 Å². The van der Waals surface area contributed by atoms with Crippen LogP contribution in [0.15, 0.2) is 0 Å². The van der Waals surface area contributed by atoms with Gasteiger partial charge in [-0.15, -0.1) is 12.4 Å². The Bertz CT molecular complexity index is 323. The number of carbonyl (C=O) groups is 2. The van der Waals surface area contributed by atoms with Crippen molar-refractivity contribution in [2.45, 2.75) is 45.6 Å². The average molecular weight is 292 g/mol. The molecule has 0 bridgehead atoms. The summed E-state index contributed by atoms with van der Waals surface area (Å²) in [4.78, 5) is 25.0. The molecule has 0 aliphatic carbocycles. The summed E-state index contributed by atoms with van der Waals surface area (Å²) in [7, 11) is 0. The summed E-state index contributed by atoms with van der Waals surface area (Å²) < 4.78 is 0. The van der Waals surface area contributed by atoms with Gasteiger partial charge >= 0.3 is 0 Å². The van der Waals surface area contributed by atoms with E-state index < -0.39 is 0 Å². The van der Waals surface area contributed by atoms with Gasteiger partial charge in [0, 0.05) is 25.0 Å². The van der Waals surface area contributed by atoms with Crippen LogP contribution in [0.2, 0.25) is 0 Å². The van der Waals surface area contributed by atoms with E-state index in [0.29, 0.717) is 25.4 Å². The van der Waals surface area contributed by atoms with Gasteiger partial charge in [0.05, 0.1) is 6.54 Å². The van der Waals surface area contributed by atoms with E-state index in [1.54, 1.807) is 4.90 Å². The molecule has 6 heteroatoms. The van der Waals surface area contributed by atoms with Crippen LogP contribution in [0.25, 0.3) is 0 Å². The summed E-state index contributed by atoms with van der Waals surface area (Å²) >= 11 is 0. The van der Waals surface area contributed by atoms with Crippen molar-refractivity contribution < 1.29 is 9.59 Å². The zero-order valence-electron chi connectivity index (χ0n) is 12.1. The van der Waals surface area contributed by atoms with Gasteiger partial charge in [-0.1, -0.05) is 13.8 Å². The van der Waals surface area contributed by atoms with Crippen LogP contribution in [0.4, 0.5) is 0 Å². The quantitative estimate of drug-likeness (QED) is 0.764. The monoisotopic (exact) mass is 291 g/mol. The number of hydrogen-bond acceptors (Lipinski definition) is 3. The Kier molecular flexibility index (Phi) is 7.37. The van der Waals surface area contributed by atoms with Crippen LogP contribution in [0, 0.1) is 5.92 Å². The molecule has 0 radical (unpaired) electrons. The fourth-order valence-corrected chi connectivity index (χ4v) is 2.51. The van der Waals surface area contributed by atoms with E-state index in [1.807, 2.05) is 6.92 Å². The predicted octanol–water partition coefficient (Wildman–Crippen LogP) is 0.910. The summed E-state index contributed by atoms with van der Waals surface area (Å²) in [6.07, 6.45) is 2.25. The molecule has 1 unspecified atom stereocenters. The molecule has 0 spiro atoms. The van der Waals surface area contributed by atoms with Crippen molar-refractivity contribution in [1.82, 2.24) is 10.2 Å². The molecule has 1 rings (SSSR count). The number of likely N-dealkylation sites (tertiary alicyclic amines) is 1. The van der Waals surface area contributed by atoms with E-state index in [1.165, 1.54) is 0 Å². The van der Waals surface area contributed by atoms with Gasteiger partial charge < -0.3 is 16.0 Å². The number of amides is 2. The Morgan fingerprint density at radius 2 is 2.16 bits per heavy atom. The van der Waals surface area contributed by atoms with Crippen LogP contribution in [0.5, 0.6) is 0 Å². The van der Waals surface area contributed by atoms with Crippen molar-refractivity contribution in [2.75, 3.05) is 19.6 Å². The summed E-state index contributed by atoms with van der Waals surface area (Å²) in [5, 5.41) is 2.96. The largest absolute Gasteiger partial charge is 0.348 e. The van der Waals surface area contributed by atoms with Crippen LogP contribution in [-0.4, -0.2) is 41.9 Å². The molecule has 5 nitrogen and oxygen atoms in total. The van der Waals surface area contributed by atoms with Crippen LogP contribution < -0.4 is 11.1 Å². The second kappa shape index (κ2) is 7.70. The van der Waals surface area contributed by atoms with Crippen molar-refractivity contribution in [3.63, 3.8) is 0 Å². The zero-order chi connectivity index (χ0) is 13.8. The molecule has 1 aliphatic rings. The number of nitrogens with two attached hydrogens (primary N) is 1. The number of nitrogens with zero attached hydrogens (tertiary/aromatic N) is 1. The molecule has 0 aromatic rings. The first kappa shape index (κ1) is 18.2. The van der Waals surface area contributed by atoms with Gasteiger partial charge in [0.15, 0.2) is 0 Å². The highest BCUT2D eigenvalue weighted by atomic mass is 35.5. The van der Waals surface area contributed by atoms with Gasteiger partial charge in [0.2, 0.25) is 11.8 Å². The molecule has 0 aromatic heterocycles. The molecule has 2 amide bonds. The zero-order valence-corrected chi connectivity index (χ0v) is 12.9. The van der Waals surface area contributed by atoms with Crippen molar-refractivity contribution >= 4 is 24.2 Å². The number of carbonyl (C=O) groups excluding carboxylic acids is 2. The Balaban J connectivity index is 0.00000324. The maximum absolute atomic E-state index is 11.9. The van der Waals surface area contributed by atoms with E-state index in [4.69, 9.17) is 5.73 Å². The van der Waals surface area contributed by atoms with E-state index in [2.05, 4.69) is 19.2 Å². The molecule has 1 atom stereocenters. The third-order valence-electron chi connectivity index (χ3n) is 3.26. The SMILES string of the molecule is CC(C)CC(C)(CN)NC(=O)CN1CCCC1=O.Cl. The van der Waals surface area contributed by atoms with Crippen molar-refractivity contribution in [3.8, 4) is 0 Å². The van der Waals surface area contributed by atoms with Crippen LogP contribution in [-0.2, 0) is 9.59 Å². The number of halogens is 1. The van der Waals surface area contributed by atoms with Gasteiger partial charge in [-0.3, -0.25) is 9.59 Å². The minimum absolute atomic E-state index is 0. The first-order valence-electron chi connectivity index (χ1n) is 6.65. The summed E-state index contributed by atoms with van der Waals surface area (Å²) in [6.45, 7) is 7.41. The molecule has 3 N–H and O–H groups in total. The third kappa shape index (κ3) is 5.78. The second-order valence-corrected chi connectivity index (χ2v) is 5.83. The van der Waals surface area contributed by atoms with Gasteiger partial charge in [-0.2, -0.15) is 0 Å². The van der Waals surface area contributed by atoms with Crippen molar-refractivity contribution in [1.29, 1.82) is 0 Å². The fraction of sp³-hybridized carbons (Fsp3) is 0.846. The lowest BCUT2D eigenvalue weighted by atomic mass is 9.91. The lowest BCUT2D eigenvalue weighted by Crippen LogP contribution is -2.54. The van der Waals surface area contributed by atoms with Crippen molar-refractivity contribution in [2.24, 2.45) is 11.7 Å². The van der Waals surface area contributed by atoms with Crippen LogP contribution in [0.1, 0.15) is 40.0 Å². The number of hydrogen-bond donors (Lipinski definition) is 2. The first-order chi connectivity index (χ1) is 8.36. The predicted molar refractivity (Wildman–Crippen MR) is 78.1 cm³/mol. The molecular formula is C13H26ClN3O2. The highest BCUT2D eigenvalue weighted by Crippen LogP contribution is 2.15. The maximum Gasteiger partial charge on any atom is 0.240 e. The lowest BCUT2D eigenvalue weighted by molar-refractivity contribution is -0.133. The van der Waals surface area contributed by atoms with Gasteiger partial charge in [0.1, 0.15) is 0 Å². The van der Waals surface area contributed by atoms with Crippen LogP contribution >= 0.6 is 12.4 Å². The smallest absolute Gasteiger partial charge is 0.240 e. The molecule has 1 heterocycles. The van der Waals surface area contributed by atoms with E-state index >= 15 is 0 Å². The Labute approximate surface area is 121 Å². The molecule has 112 valence electrons. The van der Waals surface area contributed by atoms with E-state index in [-0.39, 0.29) is 36.3 Å². The molecule has 1 saturated heterocycles. The summed E-state index contributed by atoms with van der Waals surface area (Å²) in [6, 6.07) is 0. The third-order valence-corrected chi connectivity index (χ3v) is 3.26. The van der Waals surface area contributed by atoms with Gasteiger partial charge in [-0.05, 0) is 25.7 Å². The molecule has 1 aliphatic heterocycles.